The van der Waals surface area contributed by atoms with Crippen molar-refractivity contribution < 1.29 is 10.2 Å². The molecular formula is C15H13O2. The second-order valence-corrected chi connectivity index (χ2v) is 4.31. The number of rotatable bonds is 1. The highest BCUT2D eigenvalue weighted by Gasteiger charge is 2.34. The third-order valence-electron chi connectivity index (χ3n) is 3.25. The Morgan fingerprint density at radius 3 is 2.29 bits per heavy atom. The van der Waals surface area contributed by atoms with Crippen LogP contribution in [0.2, 0.25) is 0 Å². The van der Waals surface area contributed by atoms with Gasteiger partial charge in [-0.15, -0.1) is 0 Å². The number of fused-ring (bicyclic) bond motifs is 1. The van der Waals surface area contributed by atoms with E-state index in [1.165, 1.54) is 0 Å². The minimum Gasteiger partial charge on any atom is -0.508 e. The summed E-state index contributed by atoms with van der Waals surface area (Å²) in [6.45, 7) is 0. The van der Waals surface area contributed by atoms with E-state index in [0.717, 1.165) is 22.6 Å². The summed E-state index contributed by atoms with van der Waals surface area (Å²) in [5, 5.41) is 20.0. The maximum Gasteiger partial charge on any atom is 0.119 e. The molecule has 1 aliphatic carbocycles. The molecule has 85 valence electrons. The molecule has 0 fully saturated rings. The topological polar surface area (TPSA) is 40.5 Å². The standard InChI is InChI=1S/C15H13O2/c16-13-8-4-3-7-12(13)15-11-6-2-1-5-10(11)9-14(15)17/h1-8,14,16-17H,9H2. The zero-order valence-corrected chi connectivity index (χ0v) is 9.30. The largest absolute Gasteiger partial charge is 0.508 e. The third kappa shape index (κ3) is 1.61. The molecule has 0 aliphatic heterocycles. The number of aliphatic hydroxyl groups excluding tert-OH is 1. The Labute approximate surface area is 100 Å². The fourth-order valence-corrected chi connectivity index (χ4v) is 2.48. The molecule has 1 atom stereocenters. The summed E-state index contributed by atoms with van der Waals surface area (Å²) >= 11 is 0. The molecular weight excluding hydrogens is 212 g/mol. The lowest BCUT2D eigenvalue weighted by molar-refractivity contribution is 0.206. The zero-order valence-electron chi connectivity index (χ0n) is 9.30. The Morgan fingerprint density at radius 2 is 1.53 bits per heavy atom. The van der Waals surface area contributed by atoms with Crippen molar-refractivity contribution in [1.82, 2.24) is 0 Å². The summed E-state index contributed by atoms with van der Waals surface area (Å²) in [6.07, 6.45) is 0.0977. The quantitative estimate of drug-likeness (QED) is 0.781. The molecule has 2 nitrogen and oxygen atoms in total. The van der Waals surface area contributed by atoms with Crippen LogP contribution in [0, 0.1) is 5.92 Å². The number of hydrogen-bond donors (Lipinski definition) is 2. The molecule has 0 saturated carbocycles. The van der Waals surface area contributed by atoms with E-state index in [4.69, 9.17) is 0 Å². The summed E-state index contributed by atoms with van der Waals surface area (Å²) in [6, 6.07) is 15.1. The predicted octanol–water partition coefficient (Wildman–Crippen LogP) is 2.28. The van der Waals surface area contributed by atoms with Gasteiger partial charge in [-0.25, -0.2) is 0 Å². The van der Waals surface area contributed by atoms with Crippen molar-refractivity contribution in [2.24, 2.45) is 0 Å². The Bertz CT molecular complexity index is 548. The molecule has 17 heavy (non-hydrogen) atoms. The fourth-order valence-electron chi connectivity index (χ4n) is 2.48. The summed E-state index contributed by atoms with van der Waals surface area (Å²) in [5.41, 5.74) is 2.91. The van der Waals surface area contributed by atoms with Crippen molar-refractivity contribution in [1.29, 1.82) is 0 Å². The van der Waals surface area contributed by atoms with E-state index in [1.807, 2.05) is 36.4 Å². The summed E-state index contributed by atoms with van der Waals surface area (Å²) in [4.78, 5) is 0. The van der Waals surface area contributed by atoms with Crippen molar-refractivity contribution in [2.75, 3.05) is 0 Å². The van der Waals surface area contributed by atoms with Crippen LogP contribution in [0.25, 0.3) is 0 Å². The predicted molar refractivity (Wildman–Crippen MR) is 65.7 cm³/mol. The van der Waals surface area contributed by atoms with E-state index in [0.29, 0.717) is 6.42 Å². The molecule has 1 unspecified atom stereocenters. The second-order valence-electron chi connectivity index (χ2n) is 4.31. The van der Waals surface area contributed by atoms with Gasteiger partial charge >= 0.3 is 0 Å². The molecule has 0 saturated heterocycles. The van der Waals surface area contributed by atoms with Gasteiger partial charge in [0.2, 0.25) is 0 Å². The van der Waals surface area contributed by atoms with E-state index in [2.05, 4.69) is 0 Å². The molecule has 2 heteroatoms. The van der Waals surface area contributed by atoms with Gasteiger partial charge in [-0.3, -0.25) is 0 Å². The molecule has 0 aromatic heterocycles. The number of benzene rings is 2. The molecule has 2 N–H and O–H groups in total. The van der Waals surface area contributed by atoms with Gasteiger partial charge in [-0.2, -0.15) is 0 Å². The minimum atomic E-state index is -0.527. The van der Waals surface area contributed by atoms with Crippen molar-refractivity contribution >= 4 is 0 Å². The first-order chi connectivity index (χ1) is 8.27. The normalized spacial score (nSPS) is 19.2. The van der Waals surface area contributed by atoms with Gasteiger partial charge in [0.1, 0.15) is 5.75 Å². The number of hydrogen-bond acceptors (Lipinski definition) is 2. The van der Waals surface area contributed by atoms with Crippen LogP contribution in [0.3, 0.4) is 0 Å². The third-order valence-corrected chi connectivity index (χ3v) is 3.25. The molecule has 3 rings (SSSR count). The Balaban J connectivity index is 2.13. The smallest absolute Gasteiger partial charge is 0.119 e. The highest BCUT2D eigenvalue weighted by molar-refractivity contribution is 5.59. The van der Waals surface area contributed by atoms with Gasteiger partial charge in [0, 0.05) is 5.56 Å². The van der Waals surface area contributed by atoms with Gasteiger partial charge in [0.15, 0.2) is 0 Å². The number of para-hydroxylation sites is 1. The number of aromatic hydroxyl groups is 1. The summed E-state index contributed by atoms with van der Waals surface area (Å²) in [7, 11) is 0. The number of phenols is 1. The van der Waals surface area contributed by atoms with Crippen LogP contribution in [0.5, 0.6) is 5.75 Å². The van der Waals surface area contributed by atoms with Crippen LogP contribution in [0.4, 0.5) is 0 Å². The van der Waals surface area contributed by atoms with Crippen molar-refractivity contribution in [3.05, 3.63) is 71.1 Å². The van der Waals surface area contributed by atoms with Crippen molar-refractivity contribution in [2.45, 2.75) is 12.5 Å². The van der Waals surface area contributed by atoms with E-state index in [1.54, 1.807) is 12.1 Å². The van der Waals surface area contributed by atoms with Crippen molar-refractivity contribution in [3.8, 4) is 5.75 Å². The van der Waals surface area contributed by atoms with Crippen LogP contribution in [0.15, 0.2) is 48.5 Å². The molecule has 0 amide bonds. The average molecular weight is 225 g/mol. The van der Waals surface area contributed by atoms with Crippen molar-refractivity contribution in [3.63, 3.8) is 0 Å². The highest BCUT2D eigenvalue weighted by Crippen LogP contribution is 2.40. The van der Waals surface area contributed by atoms with E-state index in [-0.39, 0.29) is 5.75 Å². The monoisotopic (exact) mass is 225 g/mol. The average Bonchev–Trinajstić information content (AvgIpc) is 2.66. The van der Waals surface area contributed by atoms with E-state index >= 15 is 0 Å². The lowest BCUT2D eigenvalue weighted by Gasteiger charge is -2.16. The first-order valence-electron chi connectivity index (χ1n) is 5.69. The maximum atomic E-state index is 10.1. The van der Waals surface area contributed by atoms with Gasteiger partial charge < -0.3 is 10.2 Å². The first-order valence-corrected chi connectivity index (χ1v) is 5.69. The first kappa shape index (κ1) is 10.4. The number of phenolic OH excluding ortho intramolecular Hbond substituents is 1. The molecule has 1 aliphatic rings. The van der Waals surface area contributed by atoms with Gasteiger partial charge in [-0.1, -0.05) is 42.5 Å². The van der Waals surface area contributed by atoms with E-state index < -0.39 is 6.10 Å². The maximum absolute atomic E-state index is 10.1. The molecule has 0 bridgehead atoms. The summed E-state index contributed by atoms with van der Waals surface area (Å²) in [5.74, 6) is 1.05. The van der Waals surface area contributed by atoms with Gasteiger partial charge in [0.25, 0.3) is 0 Å². The summed E-state index contributed by atoms with van der Waals surface area (Å²) < 4.78 is 0. The lowest BCUT2D eigenvalue weighted by atomic mass is 9.91. The number of aliphatic hydroxyl groups is 1. The Kier molecular flexibility index (Phi) is 2.37. The van der Waals surface area contributed by atoms with Crippen LogP contribution in [0.1, 0.15) is 16.7 Å². The molecule has 2 aromatic rings. The zero-order chi connectivity index (χ0) is 11.8. The molecule has 0 heterocycles. The minimum absolute atomic E-state index is 0.221. The lowest BCUT2D eigenvalue weighted by Crippen LogP contribution is -2.15. The molecule has 0 spiro atoms. The van der Waals surface area contributed by atoms with E-state index in [9.17, 15) is 10.2 Å². The highest BCUT2D eigenvalue weighted by atomic mass is 16.3. The Hall–Kier alpha value is -1.80. The van der Waals surface area contributed by atoms with Crippen LogP contribution >= 0.6 is 0 Å². The molecule has 2 aromatic carbocycles. The van der Waals surface area contributed by atoms with Gasteiger partial charge in [0.05, 0.1) is 12.0 Å². The van der Waals surface area contributed by atoms with Crippen LogP contribution in [-0.2, 0) is 6.42 Å². The van der Waals surface area contributed by atoms with Crippen LogP contribution < -0.4 is 0 Å². The van der Waals surface area contributed by atoms with Crippen LogP contribution in [-0.4, -0.2) is 16.3 Å². The SMILES string of the molecule is Oc1ccccc1[C]1c2ccccc2CC1O. The fraction of sp³-hybridized carbons (Fsp3) is 0.133. The Morgan fingerprint density at radius 1 is 0.882 bits per heavy atom. The molecule has 1 radical (unpaired) electrons. The van der Waals surface area contributed by atoms with Gasteiger partial charge in [-0.05, 0) is 23.6 Å². The second kappa shape index (κ2) is 3.90.